The molecule has 0 spiro atoms. The molecule has 7 heteroatoms. The van der Waals surface area contributed by atoms with Crippen LogP contribution in [0.15, 0.2) is 0 Å². The number of rotatable bonds is 6. The minimum absolute atomic E-state index is 0.00529. The maximum Gasteiger partial charge on any atom is 0.358 e. The van der Waals surface area contributed by atoms with Crippen LogP contribution in [-0.4, -0.2) is 50.0 Å². The first kappa shape index (κ1) is 15.5. The molecule has 0 saturated carbocycles. The smallest absolute Gasteiger partial charge is 0.358 e. The van der Waals surface area contributed by atoms with E-state index in [4.69, 9.17) is 5.11 Å². The van der Waals surface area contributed by atoms with Crippen LogP contribution in [0.1, 0.15) is 55.2 Å². The van der Waals surface area contributed by atoms with Crippen LogP contribution in [0, 0.1) is 0 Å². The summed E-state index contributed by atoms with van der Waals surface area (Å²) in [6.07, 6.45) is 5.62. The van der Waals surface area contributed by atoms with Gasteiger partial charge in [0.1, 0.15) is 6.54 Å². The summed E-state index contributed by atoms with van der Waals surface area (Å²) in [5.41, 5.74) is 0.518. The van der Waals surface area contributed by atoms with E-state index >= 15 is 0 Å². The fourth-order valence-corrected chi connectivity index (χ4v) is 2.59. The number of carboxylic acids is 1. The zero-order valence-electron chi connectivity index (χ0n) is 12.4. The number of hydrogen-bond donors (Lipinski definition) is 1. The molecule has 21 heavy (non-hydrogen) atoms. The van der Waals surface area contributed by atoms with Gasteiger partial charge in [-0.1, -0.05) is 18.6 Å². The third-order valence-electron chi connectivity index (χ3n) is 3.80. The highest BCUT2D eigenvalue weighted by Gasteiger charge is 2.22. The molecule has 0 aliphatic carbocycles. The Hall–Kier alpha value is -1.92. The number of carbonyl (C=O) groups is 2. The normalized spacial score (nSPS) is 15.2. The summed E-state index contributed by atoms with van der Waals surface area (Å²) in [6.45, 7) is 3.68. The van der Waals surface area contributed by atoms with E-state index in [1.54, 1.807) is 0 Å². The fraction of sp³-hybridized carbons (Fsp3) is 0.714. The molecule has 1 N–H and O–H groups in total. The summed E-state index contributed by atoms with van der Waals surface area (Å²) in [5.74, 6) is -1.09. The molecule has 7 nitrogen and oxygen atoms in total. The van der Waals surface area contributed by atoms with Crippen molar-refractivity contribution in [2.75, 3.05) is 13.1 Å². The van der Waals surface area contributed by atoms with Gasteiger partial charge in [-0.25, -0.2) is 9.48 Å². The Balaban J connectivity index is 2.10. The van der Waals surface area contributed by atoms with Gasteiger partial charge < -0.3 is 10.0 Å². The lowest BCUT2D eigenvalue weighted by atomic mass is 10.1. The molecule has 2 rings (SSSR count). The van der Waals surface area contributed by atoms with E-state index in [0.29, 0.717) is 12.1 Å². The van der Waals surface area contributed by atoms with Crippen molar-refractivity contribution in [2.45, 2.75) is 52.0 Å². The topological polar surface area (TPSA) is 88.3 Å². The molecule has 1 aliphatic rings. The van der Waals surface area contributed by atoms with Crippen LogP contribution >= 0.6 is 0 Å². The minimum atomic E-state index is -1.09. The lowest BCUT2D eigenvalue weighted by Crippen LogP contribution is -2.38. The van der Waals surface area contributed by atoms with Crippen molar-refractivity contribution in [2.24, 2.45) is 0 Å². The summed E-state index contributed by atoms with van der Waals surface area (Å²) in [6, 6.07) is 0. The molecule has 0 atom stereocenters. The van der Waals surface area contributed by atoms with Gasteiger partial charge in [0.05, 0.1) is 5.69 Å². The second-order valence-electron chi connectivity index (χ2n) is 5.39. The molecule has 1 fully saturated rings. The van der Waals surface area contributed by atoms with Gasteiger partial charge in [-0.05, 0) is 32.1 Å². The molecule has 0 bridgehead atoms. The summed E-state index contributed by atoms with van der Waals surface area (Å²) in [7, 11) is 0. The highest BCUT2D eigenvalue weighted by molar-refractivity contribution is 5.86. The average molecular weight is 294 g/mol. The number of nitrogens with zero attached hydrogens (tertiary/aromatic N) is 4. The molecule has 1 amide bonds. The Morgan fingerprint density at radius 2 is 1.95 bits per heavy atom. The number of carboxylic acid groups (broad SMARTS) is 1. The van der Waals surface area contributed by atoms with Crippen molar-refractivity contribution in [1.29, 1.82) is 0 Å². The number of aromatic carboxylic acids is 1. The van der Waals surface area contributed by atoms with Crippen LogP contribution in [-0.2, 0) is 17.8 Å². The van der Waals surface area contributed by atoms with E-state index in [1.807, 2.05) is 11.8 Å². The van der Waals surface area contributed by atoms with Gasteiger partial charge in [0.15, 0.2) is 5.69 Å². The van der Waals surface area contributed by atoms with Crippen LogP contribution < -0.4 is 0 Å². The van der Waals surface area contributed by atoms with Crippen molar-refractivity contribution < 1.29 is 14.7 Å². The maximum atomic E-state index is 12.3. The van der Waals surface area contributed by atoms with Crippen LogP contribution in [0.5, 0.6) is 0 Å². The SMILES string of the molecule is CCCCc1c(C(=O)O)nnn1CC(=O)N1CCCCC1. The molecule has 1 aromatic heterocycles. The largest absolute Gasteiger partial charge is 0.476 e. The number of aromatic nitrogens is 3. The van der Waals surface area contributed by atoms with E-state index in [2.05, 4.69) is 10.3 Å². The van der Waals surface area contributed by atoms with Gasteiger partial charge in [-0.3, -0.25) is 4.79 Å². The maximum absolute atomic E-state index is 12.3. The van der Waals surface area contributed by atoms with Crippen molar-refractivity contribution >= 4 is 11.9 Å². The number of likely N-dealkylation sites (tertiary alicyclic amines) is 1. The molecular formula is C14H22N4O3. The van der Waals surface area contributed by atoms with E-state index in [-0.39, 0.29) is 18.1 Å². The predicted molar refractivity (Wildman–Crippen MR) is 76.0 cm³/mol. The molecule has 0 unspecified atom stereocenters. The first-order chi connectivity index (χ1) is 10.1. The van der Waals surface area contributed by atoms with Crippen molar-refractivity contribution in [3.63, 3.8) is 0 Å². The van der Waals surface area contributed by atoms with Gasteiger partial charge >= 0.3 is 5.97 Å². The standard InChI is InChI=1S/C14H22N4O3/c1-2-3-7-11-13(14(20)21)15-16-18(11)10-12(19)17-8-5-4-6-9-17/h2-10H2,1H3,(H,20,21). The van der Waals surface area contributed by atoms with E-state index in [0.717, 1.165) is 45.2 Å². The Morgan fingerprint density at radius 1 is 1.24 bits per heavy atom. The highest BCUT2D eigenvalue weighted by atomic mass is 16.4. The number of piperidine rings is 1. The fourth-order valence-electron chi connectivity index (χ4n) is 2.59. The van der Waals surface area contributed by atoms with Gasteiger partial charge in [0.2, 0.25) is 5.91 Å². The highest BCUT2D eigenvalue weighted by Crippen LogP contribution is 2.13. The molecule has 0 radical (unpaired) electrons. The van der Waals surface area contributed by atoms with Crippen molar-refractivity contribution in [3.05, 3.63) is 11.4 Å². The third kappa shape index (κ3) is 3.80. The quantitative estimate of drug-likeness (QED) is 0.855. The van der Waals surface area contributed by atoms with Crippen LogP contribution in [0.25, 0.3) is 0 Å². The lowest BCUT2D eigenvalue weighted by molar-refractivity contribution is -0.133. The van der Waals surface area contributed by atoms with Gasteiger partial charge in [0, 0.05) is 13.1 Å². The second kappa shape index (κ2) is 7.19. The van der Waals surface area contributed by atoms with Gasteiger partial charge in [0.25, 0.3) is 0 Å². The molecule has 116 valence electrons. The molecular weight excluding hydrogens is 272 g/mol. The summed E-state index contributed by atoms with van der Waals surface area (Å²) in [5, 5.41) is 16.7. The lowest BCUT2D eigenvalue weighted by Gasteiger charge is -2.26. The molecule has 0 aromatic carbocycles. The monoisotopic (exact) mass is 294 g/mol. The van der Waals surface area contributed by atoms with Crippen molar-refractivity contribution in [1.82, 2.24) is 19.9 Å². The second-order valence-corrected chi connectivity index (χ2v) is 5.39. The van der Waals surface area contributed by atoms with Gasteiger partial charge in [-0.15, -0.1) is 5.10 Å². The van der Waals surface area contributed by atoms with Crippen LogP contribution in [0.4, 0.5) is 0 Å². The average Bonchev–Trinajstić information content (AvgIpc) is 2.89. The first-order valence-corrected chi connectivity index (χ1v) is 7.57. The number of amides is 1. The Morgan fingerprint density at radius 3 is 2.57 bits per heavy atom. The molecule has 1 aromatic rings. The third-order valence-corrected chi connectivity index (χ3v) is 3.80. The van der Waals surface area contributed by atoms with E-state index in [1.165, 1.54) is 4.68 Å². The van der Waals surface area contributed by atoms with Crippen LogP contribution in [0.3, 0.4) is 0 Å². The molecule has 1 aliphatic heterocycles. The van der Waals surface area contributed by atoms with E-state index < -0.39 is 5.97 Å². The first-order valence-electron chi connectivity index (χ1n) is 7.57. The number of hydrogen-bond acceptors (Lipinski definition) is 4. The summed E-state index contributed by atoms with van der Waals surface area (Å²) < 4.78 is 1.45. The Bertz CT molecular complexity index is 506. The zero-order valence-corrected chi connectivity index (χ0v) is 12.4. The van der Waals surface area contributed by atoms with Gasteiger partial charge in [-0.2, -0.15) is 0 Å². The Kier molecular flexibility index (Phi) is 5.30. The number of carbonyl (C=O) groups excluding carboxylic acids is 1. The minimum Gasteiger partial charge on any atom is -0.476 e. The van der Waals surface area contributed by atoms with Crippen molar-refractivity contribution in [3.8, 4) is 0 Å². The Labute approximate surface area is 123 Å². The zero-order chi connectivity index (χ0) is 15.2. The molecule has 2 heterocycles. The van der Waals surface area contributed by atoms with E-state index in [9.17, 15) is 9.59 Å². The predicted octanol–water partition coefficient (Wildman–Crippen LogP) is 1.33. The summed E-state index contributed by atoms with van der Waals surface area (Å²) >= 11 is 0. The van der Waals surface area contributed by atoms with Crippen LogP contribution in [0.2, 0.25) is 0 Å². The summed E-state index contributed by atoms with van der Waals surface area (Å²) in [4.78, 5) is 25.3. The molecule has 1 saturated heterocycles. The number of unbranched alkanes of at least 4 members (excludes halogenated alkanes) is 1.